The third kappa shape index (κ3) is 4.35. The zero-order chi connectivity index (χ0) is 21.1. The van der Waals surface area contributed by atoms with E-state index < -0.39 is 4.92 Å². The Morgan fingerprint density at radius 3 is 2.83 bits per heavy atom. The summed E-state index contributed by atoms with van der Waals surface area (Å²) in [5.41, 5.74) is 2.79. The summed E-state index contributed by atoms with van der Waals surface area (Å²) >= 11 is 1.20. The number of carbonyl (C=O) groups excluding carboxylic acids is 1. The van der Waals surface area contributed by atoms with E-state index in [0.717, 1.165) is 11.3 Å². The lowest BCUT2D eigenvalue weighted by molar-refractivity contribution is -0.384. The van der Waals surface area contributed by atoms with E-state index in [1.807, 2.05) is 18.2 Å². The largest absolute Gasteiger partial charge is 0.416 e. The van der Waals surface area contributed by atoms with Gasteiger partial charge in [-0.1, -0.05) is 49.0 Å². The Kier molecular flexibility index (Phi) is 5.80. The van der Waals surface area contributed by atoms with Crippen molar-refractivity contribution >= 4 is 29.0 Å². The molecule has 1 aliphatic rings. The van der Waals surface area contributed by atoms with E-state index in [2.05, 4.69) is 29.3 Å². The van der Waals surface area contributed by atoms with Crippen LogP contribution in [0.3, 0.4) is 0 Å². The summed E-state index contributed by atoms with van der Waals surface area (Å²) in [7, 11) is 0. The molecule has 0 spiro atoms. The highest BCUT2D eigenvalue weighted by atomic mass is 32.2. The predicted molar refractivity (Wildman–Crippen MR) is 113 cm³/mol. The first-order valence-electron chi connectivity index (χ1n) is 9.59. The molecule has 9 heteroatoms. The van der Waals surface area contributed by atoms with Gasteiger partial charge in [-0.25, -0.2) is 0 Å². The summed E-state index contributed by atoms with van der Waals surface area (Å²) in [6, 6.07) is 14.7. The molecule has 0 fully saturated rings. The zero-order valence-corrected chi connectivity index (χ0v) is 17.2. The van der Waals surface area contributed by atoms with Gasteiger partial charge in [-0.05, 0) is 29.5 Å². The number of benzene rings is 2. The number of hydrogen-bond donors (Lipinski definition) is 0. The molecule has 0 saturated carbocycles. The topological polar surface area (TPSA) is 102 Å². The normalized spacial score (nSPS) is 13.8. The van der Waals surface area contributed by atoms with Crippen molar-refractivity contribution in [3.63, 3.8) is 0 Å². The molecule has 0 radical (unpaired) electrons. The van der Waals surface area contributed by atoms with Crippen LogP contribution in [0.2, 0.25) is 0 Å². The first-order valence-corrected chi connectivity index (χ1v) is 10.6. The lowest BCUT2D eigenvalue weighted by atomic mass is 9.98. The molecule has 1 aliphatic heterocycles. The first-order chi connectivity index (χ1) is 14.5. The Morgan fingerprint density at radius 2 is 2.07 bits per heavy atom. The van der Waals surface area contributed by atoms with Crippen LogP contribution in [-0.4, -0.2) is 33.3 Å². The number of amides is 1. The number of fused-ring (bicyclic) bond motifs is 1. The molecule has 154 valence electrons. The third-order valence-electron chi connectivity index (χ3n) is 5.09. The second-order valence-corrected chi connectivity index (χ2v) is 8.06. The summed E-state index contributed by atoms with van der Waals surface area (Å²) in [5, 5.41) is 19.4. The number of carbonyl (C=O) groups is 1. The molecule has 0 saturated heterocycles. The van der Waals surface area contributed by atoms with E-state index in [-0.39, 0.29) is 23.3 Å². The first kappa shape index (κ1) is 20.1. The number of hydrogen-bond acceptors (Lipinski definition) is 7. The number of thioether (sulfide) groups is 1. The molecule has 0 bridgehead atoms. The van der Waals surface area contributed by atoms with Crippen LogP contribution in [0.1, 0.15) is 29.9 Å². The molecule has 2 heterocycles. The summed E-state index contributed by atoms with van der Waals surface area (Å²) in [6.07, 6.45) is 1.24. The van der Waals surface area contributed by atoms with Crippen LogP contribution in [0.4, 0.5) is 11.4 Å². The van der Waals surface area contributed by atoms with Gasteiger partial charge in [0.2, 0.25) is 11.8 Å². The Labute approximate surface area is 177 Å². The number of rotatable bonds is 7. The van der Waals surface area contributed by atoms with Crippen molar-refractivity contribution in [1.29, 1.82) is 0 Å². The molecular weight excluding hydrogens is 404 g/mol. The Balaban J connectivity index is 1.34. The maximum Gasteiger partial charge on any atom is 0.277 e. The highest BCUT2D eigenvalue weighted by Gasteiger charge is 2.26. The van der Waals surface area contributed by atoms with E-state index in [4.69, 9.17) is 4.42 Å². The number of anilines is 1. The lowest BCUT2D eigenvalue weighted by Crippen LogP contribution is -2.30. The van der Waals surface area contributed by atoms with Crippen molar-refractivity contribution < 1.29 is 14.1 Å². The minimum Gasteiger partial charge on any atom is -0.416 e. The SMILES string of the molecule is CC(Cc1nnc(SCC(=O)N2CCc3cc([N+](=O)[O-])ccc32)o1)c1ccccc1. The van der Waals surface area contributed by atoms with Crippen molar-refractivity contribution in [2.24, 2.45) is 0 Å². The Morgan fingerprint density at radius 1 is 1.27 bits per heavy atom. The summed E-state index contributed by atoms with van der Waals surface area (Å²) < 4.78 is 5.70. The molecule has 1 unspecified atom stereocenters. The highest BCUT2D eigenvalue weighted by molar-refractivity contribution is 7.99. The minimum absolute atomic E-state index is 0.0422. The molecule has 30 heavy (non-hydrogen) atoms. The van der Waals surface area contributed by atoms with Crippen LogP contribution in [0.25, 0.3) is 0 Å². The van der Waals surface area contributed by atoms with Crippen molar-refractivity contribution in [3.05, 3.63) is 75.7 Å². The Bertz CT molecular complexity index is 1070. The van der Waals surface area contributed by atoms with E-state index in [1.165, 1.54) is 29.5 Å². The highest BCUT2D eigenvalue weighted by Crippen LogP contribution is 2.32. The van der Waals surface area contributed by atoms with Crippen LogP contribution >= 0.6 is 11.8 Å². The van der Waals surface area contributed by atoms with E-state index in [9.17, 15) is 14.9 Å². The molecule has 8 nitrogen and oxygen atoms in total. The van der Waals surface area contributed by atoms with Gasteiger partial charge in [0.05, 0.1) is 10.7 Å². The maximum absolute atomic E-state index is 12.7. The van der Waals surface area contributed by atoms with Crippen molar-refractivity contribution in [2.45, 2.75) is 30.9 Å². The van der Waals surface area contributed by atoms with Crippen LogP contribution < -0.4 is 4.90 Å². The average molecular weight is 424 g/mol. The van der Waals surface area contributed by atoms with E-state index >= 15 is 0 Å². The minimum atomic E-state index is -0.424. The van der Waals surface area contributed by atoms with E-state index in [0.29, 0.717) is 30.5 Å². The fourth-order valence-electron chi connectivity index (χ4n) is 3.50. The monoisotopic (exact) mass is 424 g/mol. The third-order valence-corrected chi connectivity index (χ3v) is 5.89. The standard InChI is InChI=1S/C21H20N4O4S/c1-14(15-5-3-2-4-6-15)11-19-22-23-21(29-19)30-13-20(26)24-10-9-16-12-17(25(27)28)7-8-18(16)24/h2-8,12,14H,9-11,13H2,1H3. The number of non-ortho nitro benzene ring substituents is 1. The Hall–Kier alpha value is -3.20. The van der Waals surface area contributed by atoms with Gasteiger partial charge in [-0.15, -0.1) is 10.2 Å². The van der Waals surface area contributed by atoms with Gasteiger partial charge in [0.1, 0.15) is 0 Å². The second kappa shape index (κ2) is 8.66. The zero-order valence-electron chi connectivity index (χ0n) is 16.4. The number of nitro benzene ring substituents is 1. The van der Waals surface area contributed by atoms with Gasteiger partial charge in [0.15, 0.2) is 0 Å². The van der Waals surface area contributed by atoms with Gasteiger partial charge in [-0.2, -0.15) is 0 Å². The van der Waals surface area contributed by atoms with Gasteiger partial charge >= 0.3 is 0 Å². The fourth-order valence-corrected chi connectivity index (χ4v) is 4.16. The average Bonchev–Trinajstić information content (AvgIpc) is 3.39. The molecule has 3 aromatic rings. The number of nitro groups is 1. The molecule has 4 rings (SSSR count). The van der Waals surface area contributed by atoms with Gasteiger partial charge in [0, 0.05) is 30.8 Å². The fraction of sp³-hybridized carbons (Fsp3) is 0.286. The molecule has 1 amide bonds. The molecule has 2 aromatic carbocycles. The van der Waals surface area contributed by atoms with Gasteiger partial charge in [-0.3, -0.25) is 14.9 Å². The van der Waals surface area contributed by atoms with Crippen molar-refractivity contribution in [3.8, 4) is 0 Å². The smallest absolute Gasteiger partial charge is 0.277 e. The molecule has 1 atom stereocenters. The summed E-state index contributed by atoms with van der Waals surface area (Å²) in [6.45, 7) is 2.62. The molecule has 0 aliphatic carbocycles. The van der Waals surface area contributed by atoms with Crippen LogP contribution in [0.5, 0.6) is 0 Å². The van der Waals surface area contributed by atoms with Gasteiger partial charge < -0.3 is 9.32 Å². The van der Waals surface area contributed by atoms with Crippen LogP contribution in [-0.2, 0) is 17.6 Å². The molecule has 0 N–H and O–H groups in total. The van der Waals surface area contributed by atoms with Gasteiger partial charge in [0.25, 0.3) is 10.9 Å². The molecular formula is C21H20N4O4S. The van der Waals surface area contributed by atoms with Crippen molar-refractivity contribution in [1.82, 2.24) is 10.2 Å². The summed E-state index contributed by atoms with van der Waals surface area (Å²) in [5.74, 6) is 0.855. The quantitative estimate of drug-likeness (QED) is 0.321. The second-order valence-electron chi connectivity index (χ2n) is 7.13. The van der Waals surface area contributed by atoms with Crippen LogP contribution in [0.15, 0.2) is 58.2 Å². The van der Waals surface area contributed by atoms with Crippen LogP contribution in [0, 0.1) is 10.1 Å². The molecule has 1 aromatic heterocycles. The van der Waals surface area contributed by atoms with Crippen molar-refractivity contribution in [2.75, 3.05) is 17.2 Å². The number of aromatic nitrogens is 2. The maximum atomic E-state index is 12.7. The summed E-state index contributed by atoms with van der Waals surface area (Å²) in [4.78, 5) is 24.8. The van der Waals surface area contributed by atoms with E-state index in [1.54, 1.807) is 11.0 Å². The predicted octanol–water partition coefficient (Wildman–Crippen LogP) is 4.01. The number of nitrogens with zero attached hydrogens (tertiary/aromatic N) is 4. The lowest BCUT2D eigenvalue weighted by Gasteiger charge is -2.16.